The summed E-state index contributed by atoms with van der Waals surface area (Å²) in [5.74, 6) is 0.505. The Morgan fingerprint density at radius 2 is 1.91 bits per heavy atom. The SMILES string of the molecule is Cc1cc(C)nc(Oc2cc(CCC(C)O)nc3ccnn23)n1. The van der Waals surface area contributed by atoms with Crippen molar-refractivity contribution in [1.29, 1.82) is 0 Å². The van der Waals surface area contributed by atoms with Crippen LogP contribution >= 0.6 is 0 Å². The molecule has 0 saturated heterocycles. The molecule has 1 unspecified atom stereocenters. The van der Waals surface area contributed by atoms with Gasteiger partial charge in [0.15, 0.2) is 5.65 Å². The highest BCUT2D eigenvalue weighted by atomic mass is 16.5. The minimum Gasteiger partial charge on any atom is -0.405 e. The normalized spacial score (nSPS) is 12.5. The maximum atomic E-state index is 9.46. The molecule has 3 aromatic heterocycles. The zero-order chi connectivity index (χ0) is 16.4. The number of hydrogen-bond acceptors (Lipinski definition) is 6. The van der Waals surface area contributed by atoms with E-state index in [1.165, 1.54) is 0 Å². The van der Waals surface area contributed by atoms with E-state index in [1.807, 2.05) is 26.0 Å². The summed E-state index contributed by atoms with van der Waals surface area (Å²) < 4.78 is 7.44. The largest absolute Gasteiger partial charge is 0.405 e. The summed E-state index contributed by atoms with van der Waals surface area (Å²) in [6, 6.07) is 5.79. The van der Waals surface area contributed by atoms with Crippen molar-refractivity contribution in [3.63, 3.8) is 0 Å². The molecular weight excluding hydrogens is 294 g/mol. The molecule has 0 bridgehead atoms. The summed E-state index contributed by atoms with van der Waals surface area (Å²) in [7, 11) is 0. The maximum Gasteiger partial charge on any atom is 0.323 e. The summed E-state index contributed by atoms with van der Waals surface area (Å²) in [6.07, 6.45) is 2.58. The van der Waals surface area contributed by atoms with Crippen molar-refractivity contribution in [3.05, 3.63) is 41.5 Å². The molecule has 0 saturated carbocycles. The van der Waals surface area contributed by atoms with Gasteiger partial charge in [-0.15, -0.1) is 0 Å². The number of hydrogen-bond donors (Lipinski definition) is 1. The lowest BCUT2D eigenvalue weighted by Crippen LogP contribution is -2.06. The molecule has 23 heavy (non-hydrogen) atoms. The minimum absolute atomic E-state index is 0.284. The van der Waals surface area contributed by atoms with E-state index in [2.05, 4.69) is 20.1 Å². The summed E-state index contributed by atoms with van der Waals surface area (Å²) in [6.45, 7) is 5.55. The van der Waals surface area contributed by atoms with Gasteiger partial charge in [0.05, 0.1) is 12.3 Å². The molecule has 7 nitrogen and oxygen atoms in total. The second kappa shape index (κ2) is 6.29. The second-order valence-electron chi connectivity index (χ2n) is 5.61. The van der Waals surface area contributed by atoms with Crippen LogP contribution in [0, 0.1) is 13.8 Å². The topological polar surface area (TPSA) is 85.4 Å². The summed E-state index contributed by atoms with van der Waals surface area (Å²) in [4.78, 5) is 13.1. The predicted molar refractivity (Wildman–Crippen MR) is 84.6 cm³/mol. The number of aromatic nitrogens is 5. The van der Waals surface area contributed by atoms with Gasteiger partial charge in [-0.25, -0.2) is 15.0 Å². The van der Waals surface area contributed by atoms with E-state index >= 15 is 0 Å². The highest BCUT2D eigenvalue weighted by Crippen LogP contribution is 2.21. The van der Waals surface area contributed by atoms with E-state index in [-0.39, 0.29) is 12.1 Å². The first-order chi connectivity index (χ1) is 11.0. The van der Waals surface area contributed by atoms with E-state index in [0.717, 1.165) is 17.1 Å². The van der Waals surface area contributed by atoms with Gasteiger partial charge in [-0.1, -0.05) is 0 Å². The molecule has 3 rings (SSSR count). The number of nitrogens with zero attached hydrogens (tertiary/aromatic N) is 5. The van der Waals surface area contributed by atoms with Crippen LogP contribution in [0.15, 0.2) is 24.4 Å². The van der Waals surface area contributed by atoms with Crippen LogP contribution < -0.4 is 4.74 Å². The average Bonchev–Trinajstić information content (AvgIpc) is 2.92. The molecular formula is C16H19N5O2. The van der Waals surface area contributed by atoms with Gasteiger partial charge in [-0.05, 0) is 39.7 Å². The van der Waals surface area contributed by atoms with Gasteiger partial charge >= 0.3 is 6.01 Å². The Morgan fingerprint density at radius 3 is 2.61 bits per heavy atom. The van der Waals surface area contributed by atoms with E-state index in [9.17, 15) is 5.11 Å². The molecule has 0 aliphatic carbocycles. The first kappa shape index (κ1) is 15.4. The number of ether oxygens (including phenoxy) is 1. The highest BCUT2D eigenvalue weighted by molar-refractivity contribution is 5.41. The van der Waals surface area contributed by atoms with Crippen molar-refractivity contribution in [2.75, 3.05) is 0 Å². The van der Waals surface area contributed by atoms with Crippen LogP contribution in [0.25, 0.3) is 5.65 Å². The van der Waals surface area contributed by atoms with Crippen molar-refractivity contribution >= 4 is 5.65 Å². The molecule has 120 valence electrons. The van der Waals surface area contributed by atoms with Crippen LogP contribution in [0.3, 0.4) is 0 Å². The monoisotopic (exact) mass is 313 g/mol. The van der Waals surface area contributed by atoms with Gasteiger partial charge in [0.25, 0.3) is 0 Å². The van der Waals surface area contributed by atoms with Crippen LogP contribution in [0.5, 0.6) is 11.9 Å². The van der Waals surface area contributed by atoms with Gasteiger partial charge in [0.1, 0.15) is 0 Å². The van der Waals surface area contributed by atoms with E-state index in [0.29, 0.717) is 24.4 Å². The van der Waals surface area contributed by atoms with Gasteiger partial charge in [-0.3, -0.25) is 0 Å². The Hall–Kier alpha value is -2.54. The highest BCUT2D eigenvalue weighted by Gasteiger charge is 2.11. The van der Waals surface area contributed by atoms with E-state index in [4.69, 9.17) is 4.74 Å². The van der Waals surface area contributed by atoms with Gasteiger partial charge in [0.2, 0.25) is 5.88 Å². The summed E-state index contributed by atoms with van der Waals surface area (Å²) >= 11 is 0. The zero-order valence-electron chi connectivity index (χ0n) is 13.4. The van der Waals surface area contributed by atoms with Crippen LogP contribution in [-0.2, 0) is 6.42 Å². The smallest absolute Gasteiger partial charge is 0.323 e. The molecule has 3 aromatic rings. The molecule has 1 N–H and O–H groups in total. The number of fused-ring (bicyclic) bond motifs is 1. The van der Waals surface area contributed by atoms with Crippen molar-refractivity contribution in [2.45, 2.75) is 39.7 Å². The quantitative estimate of drug-likeness (QED) is 0.777. The second-order valence-corrected chi connectivity index (χ2v) is 5.61. The summed E-state index contributed by atoms with van der Waals surface area (Å²) in [5, 5.41) is 13.7. The van der Waals surface area contributed by atoms with Crippen LogP contribution in [0.1, 0.15) is 30.4 Å². The van der Waals surface area contributed by atoms with E-state index in [1.54, 1.807) is 23.7 Å². The molecule has 0 aliphatic rings. The lowest BCUT2D eigenvalue weighted by atomic mass is 10.2. The fourth-order valence-corrected chi connectivity index (χ4v) is 2.32. The van der Waals surface area contributed by atoms with Crippen molar-refractivity contribution in [2.24, 2.45) is 0 Å². The third-order valence-corrected chi connectivity index (χ3v) is 3.36. The van der Waals surface area contributed by atoms with Gasteiger partial charge in [-0.2, -0.15) is 9.61 Å². The molecule has 0 aliphatic heterocycles. The number of aliphatic hydroxyl groups is 1. The van der Waals surface area contributed by atoms with Crippen molar-refractivity contribution in [3.8, 4) is 11.9 Å². The van der Waals surface area contributed by atoms with Crippen molar-refractivity contribution < 1.29 is 9.84 Å². The Labute approximate surface area is 134 Å². The third kappa shape index (κ3) is 3.62. The van der Waals surface area contributed by atoms with Gasteiger partial charge in [0, 0.05) is 29.2 Å². The third-order valence-electron chi connectivity index (χ3n) is 3.36. The molecule has 7 heteroatoms. The van der Waals surface area contributed by atoms with Crippen LogP contribution in [0.4, 0.5) is 0 Å². The molecule has 0 aromatic carbocycles. The Balaban J connectivity index is 1.96. The molecule has 0 spiro atoms. The number of aryl methyl sites for hydroxylation is 3. The first-order valence-corrected chi connectivity index (χ1v) is 7.53. The molecule has 0 amide bonds. The standard InChI is InChI=1S/C16H19N5O2/c1-10-8-11(2)19-16(18-10)23-15-9-13(5-4-12(3)22)20-14-6-7-17-21(14)15/h6-9,12,22H,4-5H2,1-3H3. The fraction of sp³-hybridized carbons (Fsp3) is 0.375. The minimum atomic E-state index is -0.370. The Morgan fingerprint density at radius 1 is 1.17 bits per heavy atom. The fourth-order valence-electron chi connectivity index (χ4n) is 2.32. The predicted octanol–water partition coefficient (Wildman–Crippen LogP) is 2.24. The molecule has 0 radical (unpaired) electrons. The number of aliphatic hydroxyl groups excluding tert-OH is 1. The summed E-state index contributed by atoms with van der Waals surface area (Å²) in [5.41, 5.74) is 3.20. The van der Waals surface area contributed by atoms with Crippen LogP contribution in [-0.4, -0.2) is 35.8 Å². The zero-order valence-corrected chi connectivity index (χ0v) is 13.4. The van der Waals surface area contributed by atoms with Crippen LogP contribution in [0.2, 0.25) is 0 Å². The Kier molecular flexibility index (Phi) is 4.20. The molecule has 0 fully saturated rings. The van der Waals surface area contributed by atoms with Crippen molar-refractivity contribution in [1.82, 2.24) is 24.6 Å². The Bertz CT molecular complexity index is 808. The number of rotatable bonds is 5. The lowest BCUT2D eigenvalue weighted by molar-refractivity contribution is 0.184. The average molecular weight is 313 g/mol. The molecule has 3 heterocycles. The first-order valence-electron chi connectivity index (χ1n) is 7.53. The maximum absolute atomic E-state index is 9.46. The van der Waals surface area contributed by atoms with E-state index < -0.39 is 0 Å². The lowest BCUT2D eigenvalue weighted by Gasteiger charge is -2.10. The molecule has 1 atom stereocenters. The van der Waals surface area contributed by atoms with Gasteiger partial charge < -0.3 is 9.84 Å².